The first-order valence-electron chi connectivity index (χ1n) is 7.72. The third-order valence-electron chi connectivity index (χ3n) is 4.47. The molecule has 0 aliphatic heterocycles. The van der Waals surface area contributed by atoms with E-state index < -0.39 is 0 Å². The minimum atomic E-state index is 0.638. The summed E-state index contributed by atoms with van der Waals surface area (Å²) in [5.74, 6) is 0.684. The molecule has 4 heteroatoms. The number of hydrogen-bond donors (Lipinski definition) is 2. The van der Waals surface area contributed by atoms with Crippen molar-refractivity contribution >= 4 is 11.0 Å². The Hall–Kier alpha value is -1.39. The molecular formula is C16H24N4. The fourth-order valence-corrected chi connectivity index (χ4v) is 3.31. The van der Waals surface area contributed by atoms with Gasteiger partial charge < -0.3 is 15.6 Å². The van der Waals surface area contributed by atoms with E-state index >= 15 is 0 Å². The number of aryl methyl sites for hydroxylation is 1. The Morgan fingerprint density at radius 3 is 3.10 bits per heavy atom. The van der Waals surface area contributed by atoms with E-state index in [4.69, 9.17) is 5.73 Å². The van der Waals surface area contributed by atoms with Crippen molar-refractivity contribution in [2.75, 3.05) is 13.1 Å². The van der Waals surface area contributed by atoms with Crippen LogP contribution in [0.3, 0.4) is 0 Å². The SMILES string of the molecule is NCC1CCCC1NCCCn1cnc2ccccc21. The lowest BCUT2D eigenvalue weighted by atomic mass is 10.0. The van der Waals surface area contributed by atoms with E-state index in [9.17, 15) is 0 Å². The van der Waals surface area contributed by atoms with E-state index in [0.717, 1.165) is 31.6 Å². The molecule has 2 atom stereocenters. The van der Waals surface area contributed by atoms with E-state index in [-0.39, 0.29) is 0 Å². The molecule has 0 bridgehead atoms. The van der Waals surface area contributed by atoms with Crippen molar-refractivity contribution < 1.29 is 0 Å². The standard InChI is InChI=1S/C16H24N4/c17-11-13-5-3-7-14(13)18-9-4-10-20-12-19-15-6-1-2-8-16(15)20/h1-2,6,8,12-14,18H,3-5,7,9-11,17H2. The van der Waals surface area contributed by atoms with Crippen LogP contribution in [0.5, 0.6) is 0 Å². The zero-order valence-corrected chi connectivity index (χ0v) is 12.0. The number of fused-ring (bicyclic) bond motifs is 1. The molecule has 2 aromatic rings. The number of hydrogen-bond acceptors (Lipinski definition) is 3. The topological polar surface area (TPSA) is 55.9 Å². The molecule has 1 aromatic carbocycles. The van der Waals surface area contributed by atoms with Gasteiger partial charge in [-0.2, -0.15) is 0 Å². The van der Waals surface area contributed by atoms with Gasteiger partial charge >= 0.3 is 0 Å². The molecule has 0 radical (unpaired) electrons. The predicted molar refractivity (Wildman–Crippen MR) is 82.5 cm³/mol. The first kappa shape index (κ1) is 13.6. The van der Waals surface area contributed by atoms with Crippen LogP contribution in [0.15, 0.2) is 30.6 Å². The van der Waals surface area contributed by atoms with Crippen LogP contribution >= 0.6 is 0 Å². The number of benzene rings is 1. The first-order valence-corrected chi connectivity index (χ1v) is 7.72. The monoisotopic (exact) mass is 272 g/mol. The number of nitrogens with zero attached hydrogens (tertiary/aromatic N) is 2. The van der Waals surface area contributed by atoms with Gasteiger partial charge in [-0.15, -0.1) is 0 Å². The molecule has 1 aromatic heterocycles. The van der Waals surface area contributed by atoms with Crippen molar-refractivity contribution in [3.63, 3.8) is 0 Å². The van der Waals surface area contributed by atoms with E-state index in [1.165, 1.54) is 24.8 Å². The summed E-state index contributed by atoms with van der Waals surface area (Å²) in [6.45, 7) is 2.91. The molecule has 2 unspecified atom stereocenters. The summed E-state index contributed by atoms with van der Waals surface area (Å²) in [4.78, 5) is 4.43. The first-order chi connectivity index (χ1) is 9.88. The van der Waals surface area contributed by atoms with Crippen LogP contribution in [0.25, 0.3) is 11.0 Å². The van der Waals surface area contributed by atoms with Crippen molar-refractivity contribution in [2.24, 2.45) is 11.7 Å². The highest BCUT2D eigenvalue weighted by Gasteiger charge is 2.24. The van der Waals surface area contributed by atoms with Gasteiger partial charge in [0.05, 0.1) is 17.4 Å². The second-order valence-corrected chi connectivity index (χ2v) is 5.77. The molecule has 0 spiro atoms. The molecule has 0 saturated heterocycles. The van der Waals surface area contributed by atoms with Gasteiger partial charge in [0.25, 0.3) is 0 Å². The quantitative estimate of drug-likeness (QED) is 0.792. The van der Waals surface area contributed by atoms with Gasteiger partial charge in [0.1, 0.15) is 0 Å². The number of aromatic nitrogens is 2. The minimum absolute atomic E-state index is 0.638. The number of nitrogens with two attached hydrogens (primary N) is 1. The molecule has 1 fully saturated rings. The Kier molecular flexibility index (Phi) is 4.33. The molecule has 1 aliphatic rings. The smallest absolute Gasteiger partial charge is 0.0958 e. The van der Waals surface area contributed by atoms with E-state index in [0.29, 0.717) is 12.0 Å². The molecule has 1 aliphatic carbocycles. The van der Waals surface area contributed by atoms with Gasteiger partial charge in [-0.3, -0.25) is 0 Å². The lowest BCUT2D eigenvalue weighted by molar-refractivity contribution is 0.400. The molecule has 3 N–H and O–H groups in total. The second kappa shape index (κ2) is 6.37. The molecule has 0 amide bonds. The van der Waals surface area contributed by atoms with Crippen molar-refractivity contribution in [3.05, 3.63) is 30.6 Å². The Bertz CT molecular complexity index is 548. The maximum Gasteiger partial charge on any atom is 0.0958 e. The van der Waals surface area contributed by atoms with E-state index in [1.807, 2.05) is 12.4 Å². The summed E-state index contributed by atoms with van der Waals surface area (Å²) in [7, 11) is 0. The van der Waals surface area contributed by atoms with Gasteiger partial charge in [-0.25, -0.2) is 4.98 Å². The highest BCUT2D eigenvalue weighted by atomic mass is 15.0. The molecule has 1 saturated carbocycles. The van der Waals surface area contributed by atoms with Gasteiger partial charge in [-0.1, -0.05) is 18.6 Å². The summed E-state index contributed by atoms with van der Waals surface area (Å²) in [6, 6.07) is 8.95. The third-order valence-corrected chi connectivity index (χ3v) is 4.47. The third kappa shape index (κ3) is 2.86. The van der Waals surface area contributed by atoms with Crippen LogP contribution < -0.4 is 11.1 Å². The van der Waals surface area contributed by atoms with Gasteiger partial charge in [0.2, 0.25) is 0 Å². The number of para-hydroxylation sites is 2. The van der Waals surface area contributed by atoms with Crippen molar-refractivity contribution in [3.8, 4) is 0 Å². The minimum Gasteiger partial charge on any atom is -0.331 e. The zero-order valence-electron chi connectivity index (χ0n) is 12.0. The summed E-state index contributed by atoms with van der Waals surface area (Å²) in [5, 5.41) is 3.68. The van der Waals surface area contributed by atoms with Crippen molar-refractivity contribution in [1.29, 1.82) is 0 Å². The van der Waals surface area contributed by atoms with Gasteiger partial charge in [-0.05, 0) is 50.4 Å². The number of imidazole rings is 1. The normalized spacial score (nSPS) is 22.6. The van der Waals surface area contributed by atoms with E-state index in [1.54, 1.807) is 0 Å². The predicted octanol–water partition coefficient (Wildman–Crippen LogP) is 2.14. The van der Waals surface area contributed by atoms with Crippen LogP contribution in [0.4, 0.5) is 0 Å². The maximum atomic E-state index is 5.82. The highest BCUT2D eigenvalue weighted by molar-refractivity contribution is 5.74. The lowest BCUT2D eigenvalue weighted by Crippen LogP contribution is -2.36. The van der Waals surface area contributed by atoms with Crippen LogP contribution in [0.2, 0.25) is 0 Å². The van der Waals surface area contributed by atoms with Crippen LogP contribution in [0, 0.1) is 5.92 Å². The molecular weight excluding hydrogens is 248 g/mol. The molecule has 4 nitrogen and oxygen atoms in total. The van der Waals surface area contributed by atoms with Crippen molar-refractivity contribution in [2.45, 2.75) is 38.3 Å². The fraction of sp³-hybridized carbons (Fsp3) is 0.562. The summed E-state index contributed by atoms with van der Waals surface area (Å²) >= 11 is 0. The highest BCUT2D eigenvalue weighted by Crippen LogP contribution is 2.24. The zero-order chi connectivity index (χ0) is 13.8. The maximum absolute atomic E-state index is 5.82. The molecule has 3 rings (SSSR count). The van der Waals surface area contributed by atoms with Crippen LogP contribution in [-0.4, -0.2) is 28.7 Å². The van der Waals surface area contributed by atoms with Crippen LogP contribution in [0.1, 0.15) is 25.7 Å². The Balaban J connectivity index is 1.48. The molecule has 20 heavy (non-hydrogen) atoms. The van der Waals surface area contributed by atoms with Crippen molar-refractivity contribution in [1.82, 2.24) is 14.9 Å². The second-order valence-electron chi connectivity index (χ2n) is 5.77. The Morgan fingerprint density at radius 1 is 1.30 bits per heavy atom. The van der Waals surface area contributed by atoms with Gasteiger partial charge in [0.15, 0.2) is 0 Å². The summed E-state index contributed by atoms with van der Waals surface area (Å²) in [5.41, 5.74) is 8.13. The van der Waals surface area contributed by atoms with Crippen LogP contribution in [-0.2, 0) is 6.54 Å². The lowest BCUT2D eigenvalue weighted by Gasteiger charge is -2.19. The average Bonchev–Trinajstić information content (AvgIpc) is 3.10. The Labute approximate surface area is 120 Å². The average molecular weight is 272 g/mol. The molecule has 108 valence electrons. The van der Waals surface area contributed by atoms with Gasteiger partial charge in [0, 0.05) is 12.6 Å². The fourth-order valence-electron chi connectivity index (χ4n) is 3.31. The summed E-state index contributed by atoms with van der Waals surface area (Å²) < 4.78 is 2.24. The van der Waals surface area contributed by atoms with E-state index in [2.05, 4.69) is 33.1 Å². The number of rotatable bonds is 6. The largest absolute Gasteiger partial charge is 0.331 e. The molecule has 1 heterocycles. The summed E-state index contributed by atoms with van der Waals surface area (Å²) in [6.07, 6.45) is 6.99. The number of nitrogens with one attached hydrogen (secondary N) is 1. The Morgan fingerprint density at radius 2 is 2.20 bits per heavy atom.